The highest BCUT2D eigenvalue weighted by molar-refractivity contribution is 5.42. The molecule has 0 spiro atoms. The number of ether oxygens (including phenoxy) is 3. The standard InChI is InChI=1S/C18H18O3/c1-4-10-21-18(14-8-6-5-7-9-14)15-11-16(19-2)13-17(12-15)20-3/h5-13,18H,1H2,2-3H3. The Balaban J connectivity index is 2.47. The molecule has 0 N–H and O–H groups in total. The molecule has 0 radical (unpaired) electrons. The molecule has 0 amide bonds. The number of rotatable bonds is 6. The van der Waals surface area contributed by atoms with Gasteiger partial charge in [-0.2, -0.15) is 0 Å². The maximum Gasteiger partial charge on any atom is 0.149 e. The van der Waals surface area contributed by atoms with Gasteiger partial charge in [-0.25, -0.2) is 0 Å². The molecule has 0 saturated heterocycles. The molecule has 2 aromatic carbocycles. The van der Waals surface area contributed by atoms with E-state index < -0.39 is 0 Å². The van der Waals surface area contributed by atoms with Crippen molar-refractivity contribution in [3.63, 3.8) is 0 Å². The van der Waals surface area contributed by atoms with Gasteiger partial charge in [0.1, 0.15) is 23.9 Å². The van der Waals surface area contributed by atoms with Crippen LogP contribution in [0.2, 0.25) is 0 Å². The smallest absolute Gasteiger partial charge is 0.149 e. The molecule has 21 heavy (non-hydrogen) atoms. The Morgan fingerprint density at radius 3 is 2.10 bits per heavy atom. The van der Waals surface area contributed by atoms with Crippen molar-refractivity contribution in [3.05, 3.63) is 78.2 Å². The third-order valence-corrected chi connectivity index (χ3v) is 3.07. The first-order valence-corrected chi connectivity index (χ1v) is 6.56. The van der Waals surface area contributed by atoms with Gasteiger partial charge in [0.15, 0.2) is 0 Å². The highest BCUT2D eigenvalue weighted by Crippen LogP contribution is 2.32. The molecular weight excluding hydrogens is 264 g/mol. The molecule has 0 aliphatic rings. The zero-order valence-electron chi connectivity index (χ0n) is 12.2. The fourth-order valence-corrected chi connectivity index (χ4v) is 2.07. The van der Waals surface area contributed by atoms with Gasteiger partial charge in [-0.1, -0.05) is 42.6 Å². The van der Waals surface area contributed by atoms with E-state index in [2.05, 4.69) is 12.3 Å². The first kappa shape index (κ1) is 14.8. The van der Waals surface area contributed by atoms with Crippen LogP contribution in [-0.4, -0.2) is 14.2 Å². The van der Waals surface area contributed by atoms with Gasteiger partial charge in [0.25, 0.3) is 0 Å². The van der Waals surface area contributed by atoms with Gasteiger partial charge < -0.3 is 14.2 Å². The fraction of sp³-hybridized carbons (Fsp3) is 0.167. The topological polar surface area (TPSA) is 27.7 Å². The molecule has 1 atom stereocenters. The average molecular weight is 282 g/mol. The van der Waals surface area contributed by atoms with Crippen molar-refractivity contribution < 1.29 is 14.2 Å². The second-order valence-corrected chi connectivity index (χ2v) is 4.39. The van der Waals surface area contributed by atoms with Gasteiger partial charge in [0, 0.05) is 11.6 Å². The molecule has 108 valence electrons. The highest BCUT2D eigenvalue weighted by Gasteiger charge is 2.16. The zero-order valence-corrected chi connectivity index (χ0v) is 12.2. The lowest BCUT2D eigenvalue weighted by atomic mass is 10.0. The summed E-state index contributed by atoms with van der Waals surface area (Å²) in [7, 11) is 3.25. The molecule has 0 bridgehead atoms. The lowest BCUT2D eigenvalue weighted by Crippen LogP contribution is -2.03. The maximum atomic E-state index is 5.75. The summed E-state index contributed by atoms with van der Waals surface area (Å²) < 4.78 is 16.4. The number of hydrogen-bond acceptors (Lipinski definition) is 3. The first-order chi connectivity index (χ1) is 10.3. The zero-order chi connectivity index (χ0) is 15.1. The van der Waals surface area contributed by atoms with E-state index in [1.165, 1.54) is 6.26 Å². The lowest BCUT2D eigenvalue weighted by Gasteiger charge is -2.18. The SMILES string of the molecule is C=C=COC(c1ccccc1)c1cc(OC)cc(OC)c1. The summed E-state index contributed by atoms with van der Waals surface area (Å²) in [5, 5.41) is 0. The summed E-state index contributed by atoms with van der Waals surface area (Å²) in [6.07, 6.45) is 1.19. The van der Waals surface area contributed by atoms with Gasteiger partial charge in [0.2, 0.25) is 0 Å². The van der Waals surface area contributed by atoms with Gasteiger partial charge in [-0.3, -0.25) is 0 Å². The summed E-state index contributed by atoms with van der Waals surface area (Å²) >= 11 is 0. The summed E-state index contributed by atoms with van der Waals surface area (Å²) in [5.74, 6) is 1.44. The summed E-state index contributed by atoms with van der Waals surface area (Å²) in [4.78, 5) is 0. The van der Waals surface area contributed by atoms with E-state index in [0.29, 0.717) is 0 Å². The van der Waals surface area contributed by atoms with E-state index in [1.54, 1.807) is 14.2 Å². The van der Waals surface area contributed by atoms with Gasteiger partial charge >= 0.3 is 0 Å². The Morgan fingerprint density at radius 2 is 1.57 bits per heavy atom. The van der Waals surface area contributed by atoms with Crippen LogP contribution < -0.4 is 9.47 Å². The molecule has 0 aromatic heterocycles. The van der Waals surface area contributed by atoms with Crippen LogP contribution in [-0.2, 0) is 4.74 Å². The Labute approximate surface area is 125 Å². The third-order valence-electron chi connectivity index (χ3n) is 3.07. The van der Waals surface area contributed by atoms with E-state index in [9.17, 15) is 0 Å². The van der Waals surface area contributed by atoms with Crippen molar-refractivity contribution >= 4 is 0 Å². The largest absolute Gasteiger partial charge is 0.497 e. The average Bonchev–Trinajstić information content (AvgIpc) is 2.55. The summed E-state index contributed by atoms with van der Waals surface area (Å²) in [6, 6.07) is 15.6. The van der Waals surface area contributed by atoms with Crippen molar-refractivity contribution in [1.29, 1.82) is 0 Å². The van der Waals surface area contributed by atoms with Crippen LogP contribution in [0.15, 0.2) is 67.1 Å². The molecule has 2 rings (SSSR count). The normalized spacial score (nSPS) is 11.1. The quantitative estimate of drug-likeness (QED) is 0.589. The minimum Gasteiger partial charge on any atom is -0.497 e. The molecule has 0 fully saturated rings. The van der Waals surface area contributed by atoms with E-state index in [4.69, 9.17) is 14.2 Å². The van der Waals surface area contributed by atoms with Crippen LogP contribution in [0.25, 0.3) is 0 Å². The number of hydrogen-bond donors (Lipinski definition) is 0. The summed E-state index contributed by atoms with van der Waals surface area (Å²) in [5.41, 5.74) is 4.60. The Bertz CT molecular complexity index is 606. The predicted octanol–water partition coefficient (Wildman–Crippen LogP) is 4.11. The molecule has 0 aliphatic heterocycles. The van der Waals surface area contributed by atoms with E-state index >= 15 is 0 Å². The minimum absolute atomic E-state index is 0.274. The monoisotopic (exact) mass is 282 g/mol. The Morgan fingerprint density at radius 1 is 0.952 bits per heavy atom. The Hall–Kier alpha value is -2.64. The summed E-state index contributed by atoms with van der Waals surface area (Å²) in [6.45, 7) is 3.53. The van der Waals surface area contributed by atoms with Crippen LogP contribution in [0.5, 0.6) is 11.5 Å². The Kier molecular flexibility index (Phi) is 5.08. The van der Waals surface area contributed by atoms with Gasteiger partial charge in [0.05, 0.1) is 14.2 Å². The third kappa shape index (κ3) is 3.68. The van der Waals surface area contributed by atoms with Crippen molar-refractivity contribution in [2.45, 2.75) is 6.10 Å². The van der Waals surface area contributed by atoms with Crippen LogP contribution in [0.4, 0.5) is 0 Å². The highest BCUT2D eigenvalue weighted by atomic mass is 16.5. The van der Waals surface area contributed by atoms with Crippen LogP contribution in [0, 0.1) is 0 Å². The van der Waals surface area contributed by atoms with Crippen molar-refractivity contribution in [2.75, 3.05) is 14.2 Å². The van der Waals surface area contributed by atoms with Gasteiger partial charge in [-0.15, -0.1) is 0 Å². The number of methoxy groups -OCH3 is 2. The van der Waals surface area contributed by atoms with Crippen molar-refractivity contribution in [1.82, 2.24) is 0 Å². The molecule has 3 nitrogen and oxygen atoms in total. The molecular formula is C18H18O3. The molecule has 0 heterocycles. The maximum absolute atomic E-state index is 5.75. The molecule has 2 aromatic rings. The molecule has 0 aliphatic carbocycles. The first-order valence-electron chi connectivity index (χ1n) is 6.56. The molecule has 0 saturated carbocycles. The van der Waals surface area contributed by atoms with Crippen molar-refractivity contribution in [2.24, 2.45) is 0 Å². The molecule has 3 heteroatoms. The van der Waals surface area contributed by atoms with Crippen molar-refractivity contribution in [3.8, 4) is 11.5 Å². The minimum atomic E-state index is -0.274. The van der Waals surface area contributed by atoms with Crippen LogP contribution in [0.1, 0.15) is 17.2 Å². The van der Waals surface area contributed by atoms with E-state index in [0.717, 1.165) is 22.6 Å². The fourth-order valence-electron chi connectivity index (χ4n) is 2.07. The van der Waals surface area contributed by atoms with E-state index in [-0.39, 0.29) is 6.10 Å². The van der Waals surface area contributed by atoms with Crippen LogP contribution >= 0.6 is 0 Å². The van der Waals surface area contributed by atoms with Crippen LogP contribution in [0.3, 0.4) is 0 Å². The second kappa shape index (κ2) is 7.22. The molecule has 1 unspecified atom stereocenters. The second-order valence-electron chi connectivity index (χ2n) is 4.39. The lowest BCUT2D eigenvalue weighted by molar-refractivity contribution is 0.182. The number of benzene rings is 2. The predicted molar refractivity (Wildman–Crippen MR) is 82.6 cm³/mol. The van der Waals surface area contributed by atoms with Gasteiger partial charge in [-0.05, 0) is 17.7 Å². The van der Waals surface area contributed by atoms with E-state index in [1.807, 2.05) is 48.5 Å².